The van der Waals surface area contributed by atoms with E-state index in [4.69, 9.17) is 11.6 Å². The summed E-state index contributed by atoms with van der Waals surface area (Å²) in [6.45, 7) is 3.02. The maximum absolute atomic E-state index is 12.1. The van der Waals surface area contributed by atoms with E-state index in [1.54, 1.807) is 6.92 Å². The number of rotatable bonds is 3. The Labute approximate surface area is 121 Å². The fourth-order valence-electron chi connectivity index (χ4n) is 2.10. The van der Waals surface area contributed by atoms with Crippen molar-refractivity contribution in [2.24, 2.45) is 0 Å². The Hall–Kier alpha value is -1.07. The minimum Gasteiger partial charge on any atom is -0.352 e. The Balaban J connectivity index is 1.82. The zero-order valence-electron chi connectivity index (χ0n) is 10.8. The first-order chi connectivity index (χ1) is 9.08. The maximum atomic E-state index is 12.1. The molecule has 2 rings (SSSR count). The number of hydrogen-bond acceptors (Lipinski definition) is 3. The van der Waals surface area contributed by atoms with Crippen molar-refractivity contribution >= 4 is 34.8 Å². The van der Waals surface area contributed by atoms with Gasteiger partial charge >= 0.3 is 0 Å². The number of hydrogen-bond donors (Lipinski definition) is 1. The monoisotopic (exact) mass is 300 g/mol. The van der Waals surface area contributed by atoms with E-state index in [1.165, 1.54) is 11.3 Å². The van der Waals surface area contributed by atoms with Crippen LogP contribution >= 0.6 is 22.9 Å². The highest BCUT2D eigenvalue weighted by Gasteiger charge is 2.25. The van der Waals surface area contributed by atoms with Gasteiger partial charge in [-0.3, -0.25) is 9.59 Å². The van der Waals surface area contributed by atoms with Crippen LogP contribution < -0.4 is 5.32 Å². The number of nitrogens with zero attached hydrogens (tertiary/aromatic N) is 1. The Morgan fingerprint density at radius 1 is 1.47 bits per heavy atom. The molecule has 6 heteroatoms. The zero-order valence-corrected chi connectivity index (χ0v) is 12.3. The van der Waals surface area contributed by atoms with Gasteiger partial charge in [-0.1, -0.05) is 6.07 Å². The maximum Gasteiger partial charge on any atom is 0.263 e. The van der Waals surface area contributed by atoms with Gasteiger partial charge in [-0.25, -0.2) is 0 Å². The summed E-state index contributed by atoms with van der Waals surface area (Å²) < 4.78 is 0. The molecule has 1 atom stereocenters. The first-order valence-corrected chi connectivity index (χ1v) is 7.66. The normalized spacial score (nSPS) is 18.1. The topological polar surface area (TPSA) is 49.4 Å². The molecule has 0 saturated carbocycles. The Bertz CT molecular complexity index is 440. The molecule has 1 unspecified atom stereocenters. The van der Waals surface area contributed by atoms with E-state index in [2.05, 4.69) is 5.32 Å². The molecule has 1 aromatic rings. The van der Waals surface area contributed by atoms with Gasteiger partial charge in [0.15, 0.2) is 0 Å². The van der Waals surface area contributed by atoms with E-state index in [0.717, 1.165) is 17.7 Å². The van der Waals surface area contributed by atoms with Crippen LogP contribution in [0.25, 0.3) is 0 Å². The highest BCUT2D eigenvalue weighted by Crippen LogP contribution is 2.17. The average molecular weight is 301 g/mol. The molecule has 1 saturated heterocycles. The molecule has 1 N–H and O–H groups in total. The molecule has 1 fully saturated rings. The first-order valence-electron chi connectivity index (χ1n) is 6.35. The predicted molar refractivity (Wildman–Crippen MR) is 76.7 cm³/mol. The summed E-state index contributed by atoms with van der Waals surface area (Å²) in [5.41, 5.74) is 0. The lowest BCUT2D eigenvalue weighted by Crippen LogP contribution is -2.47. The van der Waals surface area contributed by atoms with Gasteiger partial charge < -0.3 is 10.2 Å². The van der Waals surface area contributed by atoms with Crippen LogP contribution in [-0.2, 0) is 4.79 Å². The molecule has 4 nitrogen and oxygen atoms in total. The fraction of sp³-hybridized carbons (Fsp3) is 0.538. The lowest BCUT2D eigenvalue weighted by atomic mass is 10.0. The van der Waals surface area contributed by atoms with Crippen LogP contribution in [0.5, 0.6) is 0 Å². The van der Waals surface area contributed by atoms with Gasteiger partial charge in [0.2, 0.25) is 5.91 Å². The molecule has 1 aliphatic rings. The lowest BCUT2D eigenvalue weighted by Gasteiger charge is -2.32. The van der Waals surface area contributed by atoms with Crippen LogP contribution in [0, 0.1) is 0 Å². The number of piperidine rings is 1. The summed E-state index contributed by atoms with van der Waals surface area (Å²) in [6.07, 6.45) is 1.57. The average Bonchev–Trinajstić information content (AvgIpc) is 2.92. The van der Waals surface area contributed by atoms with E-state index in [9.17, 15) is 9.59 Å². The molecule has 0 radical (unpaired) electrons. The minimum atomic E-state index is -0.509. The molecule has 2 amide bonds. The molecule has 1 aliphatic heterocycles. The van der Waals surface area contributed by atoms with Gasteiger partial charge in [0.25, 0.3) is 5.91 Å². The molecule has 0 bridgehead atoms. The first kappa shape index (κ1) is 14.3. The minimum absolute atomic E-state index is 0.0884. The number of carbonyl (C=O) groups is 2. The van der Waals surface area contributed by atoms with E-state index >= 15 is 0 Å². The summed E-state index contributed by atoms with van der Waals surface area (Å²) in [4.78, 5) is 26.2. The number of likely N-dealkylation sites (tertiary alicyclic amines) is 1. The van der Waals surface area contributed by atoms with E-state index in [0.29, 0.717) is 13.1 Å². The van der Waals surface area contributed by atoms with Crippen molar-refractivity contribution in [3.8, 4) is 0 Å². The number of halogens is 1. The Morgan fingerprint density at radius 3 is 2.68 bits per heavy atom. The van der Waals surface area contributed by atoms with Crippen LogP contribution in [0.2, 0.25) is 0 Å². The van der Waals surface area contributed by atoms with Gasteiger partial charge in [0.1, 0.15) is 5.38 Å². The van der Waals surface area contributed by atoms with E-state index in [-0.39, 0.29) is 17.9 Å². The van der Waals surface area contributed by atoms with E-state index < -0.39 is 5.38 Å². The van der Waals surface area contributed by atoms with Crippen molar-refractivity contribution in [3.63, 3.8) is 0 Å². The van der Waals surface area contributed by atoms with Crippen LogP contribution in [0.3, 0.4) is 0 Å². The molecule has 104 valence electrons. The van der Waals surface area contributed by atoms with Crippen LogP contribution in [0.4, 0.5) is 0 Å². The Morgan fingerprint density at radius 2 is 2.16 bits per heavy atom. The van der Waals surface area contributed by atoms with Crippen molar-refractivity contribution in [1.82, 2.24) is 10.2 Å². The third kappa shape index (κ3) is 3.70. The van der Waals surface area contributed by atoms with E-state index in [1.807, 2.05) is 22.4 Å². The Kier molecular flexibility index (Phi) is 4.82. The SMILES string of the molecule is CC(Cl)C(=O)NC1CCN(C(=O)c2cccs2)CC1. The largest absolute Gasteiger partial charge is 0.352 e. The molecule has 1 aromatic heterocycles. The lowest BCUT2D eigenvalue weighted by molar-refractivity contribution is -0.121. The second-order valence-corrected chi connectivity index (χ2v) is 6.27. The molecule has 19 heavy (non-hydrogen) atoms. The van der Waals surface area contributed by atoms with Crippen molar-refractivity contribution in [2.75, 3.05) is 13.1 Å². The van der Waals surface area contributed by atoms with Gasteiger partial charge in [-0.15, -0.1) is 22.9 Å². The van der Waals surface area contributed by atoms with Crippen molar-refractivity contribution < 1.29 is 9.59 Å². The van der Waals surface area contributed by atoms with Gasteiger partial charge in [-0.2, -0.15) is 0 Å². The zero-order chi connectivity index (χ0) is 13.8. The summed E-state index contributed by atoms with van der Waals surface area (Å²) in [6, 6.07) is 3.85. The number of carbonyl (C=O) groups excluding carboxylic acids is 2. The molecule has 2 heterocycles. The molecule has 0 spiro atoms. The summed E-state index contributed by atoms with van der Waals surface area (Å²) in [5.74, 6) is -0.0461. The second-order valence-electron chi connectivity index (χ2n) is 4.67. The van der Waals surface area contributed by atoms with Crippen LogP contribution in [-0.4, -0.2) is 41.2 Å². The molecule has 0 aliphatic carbocycles. The number of thiophene rings is 1. The summed E-state index contributed by atoms with van der Waals surface area (Å²) >= 11 is 7.18. The van der Waals surface area contributed by atoms with Crippen LogP contribution in [0.15, 0.2) is 17.5 Å². The smallest absolute Gasteiger partial charge is 0.263 e. The predicted octanol–water partition coefficient (Wildman–Crippen LogP) is 2.10. The van der Waals surface area contributed by atoms with Gasteiger partial charge in [-0.05, 0) is 31.2 Å². The summed E-state index contributed by atoms with van der Waals surface area (Å²) in [7, 11) is 0. The third-order valence-electron chi connectivity index (χ3n) is 3.22. The quantitative estimate of drug-likeness (QED) is 0.869. The highest BCUT2D eigenvalue weighted by atomic mass is 35.5. The number of alkyl halides is 1. The second kappa shape index (κ2) is 6.39. The summed E-state index contributed by atoms with van der Waals surface area (Å²) in [5, 5.41) is 4.30. The van der Waals surface area contributed by atoms with Crippen LogP contribution in [0.1, 0.15) is 29.4 Å². The standard InChI is InChI=1S/C13H17ClN2O2S/c1-9(14)12(17)15-10-4-6-16(7-5-10)13(18)11-3-2-8-19-11/h2-3,8-10H,4-7H2,1H3,(H,15,17). The van der Waals surface area contributed by atoms with Crippen molar-refractivity contribution in [3.05, 3.63) is 22.4 Å². The molecular weight excluding hydrogens is 284 g/mol. The molecule has 0 aromatic carbocycles. The number of nitrogens with one attached hydrogen (secondary N) is 1. The fourth-order valence-corrected chi connectivity index (χ4v) is 2.85. The van der Waals surface area contributed by atoms with Crippen molar-refractivity contribution in [1.29, 1.82) is 0 Å². The third-order valence-corrected chi connectivity index (χ3v) is 4.28. The van der Waals surface area contributed by atoms with Crippen molar-refractivity contribution in [2.45, 2.75) is 31.2 Å². The highest BCUT2D eigenvalue weighted by molar-refractivity contribution is 7.12. The molecular formula is C13H17ClN2O2S. The van der Waals surface area contributed by atoms with Gasteiger partial charge in [0, 0.05) is 19.1 Å². The number of amides is 2. The van der Waals surface area contributed by atoms with Gasteiger partial charge in [0.05, 0.1) is 4.88 Å².